The minimum Gasteiger partial charge on any atom is -0.310 e. The fraction of sp³-hybridized carbons (Fsp3) is 0. The number of hydrogen-bond donors (Lipinski definition) is 1. The average molecular weight is 274 g/mol. The highest BCUT2D eigenvalue weighted by Crippen LogP contribution is 2.02. The van der Waals surface area contributed by atoms with Crippen LogP contribution in [0.15, 0.2) is 11.1 Å². The van der Waals surface area contributed by atoms with Crippen LogP contribution in [-0.4, -0.2) is 27.4 Å². The molecule has 2 heterocycles. The second kappa shape index (κ2) is 2.58. The lowest BCUT2D eigenvalue weighted by molar-refractivity contribution is 0.903. The molecule has 0 unspecified atom stereocenters. The molecule has 12 heavy (non-hydrogen) atoms. The summed E-state index contributed by atoms with van der Waals surface area (Å²) in [5.74, 6) is 0. The second-order valence-electron chi connectivity index (χ2n) is 2.33. The van der Waals surface area contributed by atoms with Crippen LogP contribution in [0.25, 0.3) is 5.52 Å². The van der Waals surface area contributed by atoms with Crippen LogP contribution in [0.2, 0.25) is 0 Å². The summed E-state index contributed by atoms with van der Waals surface area (Å²) in [7, 11) is 1.81. The van der Waals surface area contributed by atoms with Gasteiger partial charge in [-0.3, -0.25) is 4.79 Å². The molecule has 0 amide bonds. The van der Waals surface area contributed by atoms with Crippen LogP contribution in [0.1, 0.15) is 0 Å². The first-order valence-corrected chi connectivity index (χ1v) is 4.36. The van der Waals surface area contributed by atoms with Gasteiger partial charge in [-0.15, -0.1) is 0 Å². The zero-order valence-electron chi connectivity index (χ0n) is 6.21. The van der Waals surface area contributed by atoms with E-state index in [0.29, 0.717) is 9.22 Å². The van der Waals surface area contributed by atoms with Crippen molar-refractivity contribution in [2.45, 2.75) is 0 Å². The van der Waals surface area contributed by atoms with Crippen molar-refractivity contribution >= 4 is 41.7 Å². The third kappa shape index (κ3) is 0.960. The van der Waals surface area contributed by atoms with Crippen LogP contribution >= 0.6 is 22.6 Å². The molecule has 2 aromatic heterocycles. The van der Waals surface area contributed by atoms with Crippen LogP contribution in [0, 0.1) is 3.70 Å². The maximum absolute atomic E-state index is 11.3. The number of nitrogens with one attached hydrogen (secondary N) is 1. The van der Waals surface area contributed by atoms with Crippen molar-refractivity contribution in [1.29, 1.82) is 0 Å². The van der Waals surface area contributed by atoms with Gasteiger partial charge < -0.3 is 4.98 Å². The fourth-order valence-corrected chi connectivity index (χ4v) is 1.86. The molecule has 5 nitrogen and oxygen atoms in total. The predicted molar refractivity (Wildman–Crippen MR) is 54.5 cm³/mol. The van der Waals surface area contributed by atoms with E-state index in [1.807, 2.05) is 30.4 Å². The first kappa shape index (κ1) is 7.78. The summed E-state index contributed by atoms with van der Waals surface area (Å²) in [5.41, 5.74) is 1.08. The Morgan fingerprint density at radius 2 is 2.42 bits per heavy atom. The van der Waals surface area contributed by atoms with Crippen molar-refractivity contribution in [2.24, 2.45) is 0 Å². The SMILES string of the molecule is Bc1nc(I)c2c(=O)[nH]cnn12. The third-order valence-electron chi connectivity index (χ3n) is 1.56. The van der Waals surface area contributed by atoms with Gasteiger partial charge in [0.25, 0.3) is 5.56 Å². The predicted octanol–water partition coefficient (Wildman–Crippen LogP) is -1.72. The Balaban J connectivity index is 3.09. The first-order valence-electron chi connectivity index (χ1n) is 3.28. The Labute approximate surface area is 81.8 Å². The Morgan fingerprint density at radius 1 is 1.67 bits per heavy atom. The highest BCUT2D eigenvalue weighted by Gasteiger charge is 2.08. The molecule has 0 aliphatic rings. The van der Waals surface area contributed by atoms with Crippen LogP contribution in [0.3, 0.4) is 0 Å². The molecular weight excluding hydrogens is 270 g/mol. The topological polar surface area (TPSA) is 63.0 Å². The van der Waals surface area contributed by atoms with E-state index in [-0.39, 0.29) is 5.56 Å². The van der Waals surface area contributed by atoms with E-state index in [0.717, 1.165) is 5.72 Å². The van der Waals surface area contributed by atoms with Gasteiger partial charge in [0.1, 0.15) is 10.0 Å². The standard InChI is InChI=1S/C5H4BIN4O/c6-5-10-3(7)2-4(12)8-1-9-11(2)5/h1H,6H2,(H,8,9,12). The van der Waals surface area contributed by atoms with E-state index >= 15 is 0 Å². The molecular formula is C5H4BIN4O. The van der Waals surface area contributed by atoms with Crippen molar-refractivity contribution < 1.29 is 0 Å². The molecule has 0 atom stereocenters. The number of fused-ring (bicyclic) bond motifs is 1. The molecule has 0 aliphatic carbocycles. The van der Waals surface area contributed by atoms with Crippen molar-refractivity contribution in [3.63, 3.8) is 0 Å². The summed E-state index contributed by atoms with van der Waals surface area (Å²) in [4.78, 5) is 17.9. The van der Waals surface area contributed by atoms with Gasteiger partial charge in [-0.1, -0.05) is 0 Å². The van der Waals surface area contributed by atoms with E-state index in [1.54, 1.807) is 0 Å². The van der Waals surface area contributed by atoms with Crippen LogP contribution in [0.4, 0.5) is 0 Å². The second-order valence-corrected chi connectivity index (χ2v) is 3.35. The van der Waals surface area contributed by atoms with Gasteiger partial charge in [0.05, 0.1) is 5.72 Å². The summed E-state index contributed by atoms with van der Waals surface area (Å²) < 4.78 is 2.21. The molecule has 7 heteroatoms. The number of H-pyrrole nitrogens is 1. The molecule has 0 saturated carbocycles. The quantitative estimate of drug-likeness (QED) is 0.459. The zero-order chi connectivity index (χ0) is 8.72. The molecule has 0 spiro atoms. The van der Waals surface area contributed by atoms with Crippen LogP contribution < -0.4 is 11.3 Å². The zero-order valence-corrected chi connectivity index (χ0v) is 8.36. The number of aromatic nitrogens is 4. The van der Waals surface area contributed by atoms with Crippen molar-refractivity contribution in [1.82, 2.24) is 19.6 Å². The number of rotatable bonds is 0. The Hall–Kier alpha value is -0.855. The molecule has 60 valence electrons. The normalized spacial score (nSPS) is 10.8. The first-order chi connectivity index (χ1) is 5.70. The molecule has 0 bridgehead atoms. The minimum atomic E-state index is -0.157. The lowest BCUT2D eigenvalue weighted by atomic mass is 10.1. The van der Waals surface area contributed by atoms with Crippen molar-refractivity contribution in [2.75, 3.05) is 0 Å². The summed E-state index contributed by atoms with van der Waals surface area (Å²) in [6, 6.07) is 0. The van der Waals surface area contributed by atoms with E-state index in [4.69, 9.17) is 0 Å². The van der Waals surface area contributed by atoms with E-state index in [2.05, 4.69) is 15.1 Å². The number of aromatic amines is 1. The van der Waals surface area contributed by atoms with Gasteiger partial charge in [-0.25, -0.2) is 9.50 Å². The number of nitrogens with zero attached hydrogens (tertiary/aromatic N) is 3. The largest absolute Gasteiger partial charge is 0.310 e. The summed E-state index contributed by atoms with van der Waals surface area (Å²) >= 11 is 2.01. The molecule has 0 aromatic carbocycles. The Kier molecular flexibility index (Phi) is 1.67. The molecule has 2 aromatic rings. The van der Waals surface area contributed by atoms with E-state index in [1.165, 1.54) is 10.8 Å². The Morgan fingerprint density at radius 3 is 3.08 bits per heavy atom. The third-order valence-corrected chi connectivity index (χ3v) is 2.31. The van der Waals surface area contributed by atoms with Gasteiger partial charge in [0, 0.05) is 0 Å². The lowest BCUT2D eigenvalue weighted by Crippen LogP contribution is -2.19. The van der Waals surface area contributed by atoms with Gasteiger partial charge in [0.15, 0.2) is 13.4 Å². The number of imidazole rings is 1. The summed E-state index contributed by atoms with van der Waals surface area (Å²) in [6.45, 7) is 0. The fourth-order valence-electron chi connectivity index (χ4n) is 1.04. The number of halogens is 1. The highest BCUT2D eigenvalue weighted by molar-refractivity contribution is 14.1. The van der Waals surface area contributed by atoms with Gasteiger partial charge in [0.2, 0.25) is 0 Å². The molecule has 0 saturated heterocycles. The maximum Gasteiger partial charge on any atom is 0.277 e. The van der Waals surface area contributed by atoms with E-state index < -0.39 is 0 Å². The summed E-state index contributed by atoms with van der Waals surface area (Å²) in [5, 5.41) is 3.96. The van der Waals surface area contributed by atoms with Crippen molar-refractivity contribution in [3.8, 4) is 0 Å². The molecule has 0 aliphatic heterocycles. The number of hydrogen-bond acceptors (Lipinski definition) is 3. The minimum absolute atomic E-state index is 0.157. The molecule has 1 N–H and O–H groups in total. The van der Waals surface area contributed by atoms with Crippen LogP contribution in [0.5, 0.6) is 0 Å². The van der Waals surface area contributed by atoms with Gasteiger partial charge >= 0.3 is 0 Å². The lowest BCUT2D eigenvalue weighted by Gasteiger charge is -1.90. The molecule has 0 fully saturated rings. The van der Waals surface area contributed by atoms with Gasteiger partial charge in [-0.2, -0.15) is 5.10 Å². The van der Waals surface area contributed by atoms with Crippen LogP contribution in [-0.2, 0) is 0 Å². The molecule has 0 radical (unpaired) electrons. The highest BCUT2D eigenvalue weighted by atomic mass is 127. The van der Waals surface area contributed by atoms with Gasteiger partial charge in [-0.05, 0) is 22.6 Å². The average Bonchev–Trinajstić information content (AvgIpc) is 2.29. The van der Waals surface area contributed by atoms with Crippen molar-refractivity contribution in [3.05, 3.63) is 20.4 Å². The summed E-state index contributed by atoms with van der Waals surface area (Å²) in [6.07, 6.45) is 1.36. The Bertz CT molecular complexity index is 490. The maximum atomic E-state index is 11.3. The molecule has 2 rings (SSSR count). The smallest absolute Gasteiger partial charge is 0.277 e. The monoisotopic (exact) mass is 274 g/mol. The van der Waals surface area contributed by atoms with E-state index in [9.17, 15) is 4.79 Å².